The van der Waals surface area contributed by atoms with Crippen LogP contribution in [0.25, 0.3) is 11.1 Å². The molecule has 2 aromatic rings. The molecule has 0 atom stereocenters. The summed E-state index contributed by atoms with van der Waals surface area (Å²) >= 11 is -2.15. The van der Waals surface area contributed by atoms with E-state index in [0.717, 1.165) is 0 Å². The molecule has 0 radical (unpaired) electrons. The zero-order chi connectivity index (χ0) is 26.0. The van der Waals surface area contributed by atoms with Gasteiger partial charge in [-0.3, -0.25) is 0 Å². The van der Waals surface area contributed by atoms with Crippen molar-refractivity contribution in [2.75, 3.05) is 0 Å². The molecule has 3 aliphatic carbocycles. The fourth-order valence-corrected chi connectivity index (χ4v) is 16.0. The summed E-state index contributed by atoms with van der Waals surface area (Å²) < 4.78 is 4.48. The SMILES string of the molecule is CC(C)(C)C1=CC[C]([Zr+2](=[C]2CCCC2)[CH]2c3ccc(C(C)(C)C)cc3-c3cc(C(C)(C)C)ccc32)=C1.[Cl-].[Cl-]. The summed E-state index contributed by atoms with van der Waals surface area (Å²) in [7, 11) is 0. The molecule has 3 heteroatoms. The minimum absolute atomic E-state index is 0. The van der Waals surface area contributed by atoms with Crippen molar-refractivity contribution in [1.29, 1.82) is 0 Å². The quantitative estimate of drug-likeness (QED) is 0.472. The number of allylic oxidation sites excluding steroid dienone is 4. The van der Waals surface area contributed by atoms with Gasteiger partial charge in [0.05, 0.1) is 0 Å². The molecule has 204 valence electrons. The van der Waals surface area contributed by atoms with E-state index in [0.29, 0.717) is 3.63 Å². The number of hydrogen-bond acceptors (Lipinski definition) is 0. The number of benzene rings is 2. The van der Waals surface area contributed by atoms with Crippen LogP contribution < -0.4 is 24.8 Å². The van der Waals surface area contributed by atoms with Gasteiger partial charge in [0.25, 0.3) is 0 Å². The van der Waals surface area contributed by atoms with Crippen molar-refractivity contribution in [3.05, 3.63) is 79.7 Å². The molecule has 38 heavy (non-hydrogen) atoms. The number of fused-ring (bicyclic) bond motifs is 3. The Balaban J connectivity index is 0.00000200. The van der Waals surface area contributed by atoms with Crippen LogP contribution in [0.5, 0.6) is 0 Å². The van der Waals surface area contributed by atoms with Crippen LogP contribution in [0.3, 0.4) is 0 Å². The molecule has 0 saturated heterocycles. The van der Waals surface area contributed by atoms with Crippen LogP contribution in [0.2, 0.25) is 0 Å². The molecular weight excluding hydrogens is 583 g/mol. The maximum atomic E-state index is 2.67. The maximum absolute atomic E-state index is 2.67. The second-order valence-electron chi connectivity index (χ2n) is 14.5. The molecule has 0 amide bonds. The standard InChI is InChI=1S/C21H25.C9H13.C5H8.2ClH.Zr/c1-20(2,3)16-9-7-14-11-15-8-10-17(21(4,5)6)13-19(15)18(14)12-16;1-9(2,3)8-6-4-5-7-8;1-2-4-5-3-1;;;/h7-13H,1-6H3;6-7H,4H2,1-3H3;1-4H2;2*1H;/q;;;;;+2/p-2. The minimum atomic E-state index is -2.15. The molecule has 5 rings (SSSR count). The van der Waals surface area contributed by atoms with Gasteiger partial charge >= 0.3 is 230 Å². The molecule has 0 bridgehead atoms. The van der Waals surface area contributed by atoms with Crippen LogP contribution >= 0.6 is 0 Å². The molecule has 0 spiro atoms. The Kier molecular flexibility index (Phi) is 9.42. The van der Waals surface area contributed by atoms with Crippen molar-refractivity contribution in [3.8, 4) is 11.1 Å². The van der Waals surface area contributed by atoms with E-state index in [-0.39, 0.29) is 41.1 Å². The van der Waals surface area contributed by atoms with E-state index in [1.54, 1.807) is 16.7 Å². The topological polar surface area (TPSA) is 0 Å². The van der Waals surface area contributed by atoms with Gasteiger partial charge in [0.15, 0.2) is 0 Å². The van der Waals surface area contributed by atoms with Gasteiger partial charge in [-0.15, -0.1) is 0 Å². The normalized spacial score (nSPS) is 17.1. The Hall–Kier alpha value is -0.747. The van der Waals surface area contributed by atoms with Gasteiger partial charge in [-0.05, 0) is 0 Å². The van der Waals surface area contributed by atoms with E-state index >= 15 is 0 Å². The van der Waals surface area contributed by atoms with E-state index in [1.807, 2.05) is 6.49 Å². The van der Waals surface area contributed by atoms with Gasteiger partial charge in [0.2, 0.25) is 0 Å². The van der Waals surface area contributed by atoms with Gasteiger partial charge in [0, 0.05) is 0 Å². The maximum Gasteiger partial charge on any atom is -1.00 e. The van der Waals surface area contributed by atoms with E-state index < -0.39 is 21.3 Å². The summed E-state index contributed by atoms with van der Waals surface area (Å²) in [5.41, 5.74) is 11.4. The van der Waals surface area contributed by atoms with Crippen LogP contribution in [0, 0.1) is 5.41 Å². The van der Waals surface area contributed by atoms with Crippen molar-refractivity contribution in [1.82, 2.24) is 0 Å². The number of rotatable bonds is 2. The monoisotopic (exact) mass is 626 g/mol. The fourth-order valence-electron chi connectivity index (χ4n) is 6.42. The minimum Gasteiger partial charge on any atom is -1.00 e. The van der Waals surface area contributed by atoms with Gasteiger partial charge in [0.1, 0.15) is 0 Å². The third-order valence-electron chi connectivity index (χ3n) is 8.71. The smallest absolute Gasteiger partial charge is 1.00 e. The summed E-state index contributed by atoms with van der Waals surface area (Å²) in [5, 5.41) is 0. The van der Waals surface area contributed by atoms with Gasteiger partial charge in [-0.25, -0.2) is 0 Å². The van der Waals surface area contributed by atoms with Crippen LogP contribution in [0.1, 0.15) is 120 Å². The van der Waals surface area contributed by atoms with Crippen LogP contribution in [0.4, 0.5) is 0 Å². The van der Waals surface area contributed by atoms with Crippen molar-refractivity contribution < 1.29 is 46.1 Å². The fraction of sp³-hybridized carbons (Fsp3) is 0.514. The van der Waals surface area contributed by atoms with Crippen LogP contribution in [-0.2, 0) is 32.1 Å². The molecule has 2 aromatic carbocycles. The summed E-state index contributed by atoms with van der Waals surface area (Å²) in [4.78, 5) is 0. The Morgan fingerprint density at radius 2 is 1.13 bits per heavy atom. The summed E-state index contributed by atoms with van der Waals surface area (Å²) in [5.74, 6) is 0. The Bertz CT molecular complexity index is 1230. The van der Waals surface area contributed by atoms with E-state index in [9.17, 15) is 0 Å². The molecular formula is C35H46Cl2Zr. The molecule has 1 saturated carbocycles. The van der Waals surface area contributed by atoms with Crippen molar-refractivity contribution in [2.45, 2.75) is 109 Å². The van der Waals surface area contributed by atoms with E-state index in [4.69, 9.17) is 0 Å². The average Bonchev–Trinajstić information content (AvgIpc) is 3.52. The largest absolute Gasteiger partial charge is 1.00 e. The first-order valence-corrected chi connectivity index (χ1v) is 18.1. The summed E-state index contributed by atoms with van der Waals surface area (Å²) in [6, 6.07) is 15.1. The molecule has 3 aliphatic rings. The summed E-state index contributed by atoms with van der Waals surface area (Å²) in [6.07, 6.45) is 12.0. The third-order valence-corrected chi connectivity index (χ3v) is 17.3. The second-order valence-corrected chi connectivity index (χ2v) is 21.3. The predicted molar refractivity (Wildman–Crippen MR) is 155 cm³/mol. The first-order chi connectivity index (χ1) is 16.7. The van der Waals surface area contributed by atoms with Crippen molar-refractivity contribution >= 4 is 3.21 Å². The predicted octanol–water partition coefficient (Wildman–Crippen LogP) is 3.98. The summed E-state index contributed by atoms with van der Waals surface area (Å²) in [6.45, 7) is 21.3. The average molecular weight is 629 g/mol. The molecule has 0 aliphatic heterocycles. The van der Waals surface area contributed by atoms with Gasteiger partial charge in [-0.1, -0.05) is 0 Å². The second kappa shape index (κ2) is 11.3. The van der Waals surface area contributed by atoms with Crippen molar-refractivity contribution in [3.63, 3.8) is 0 Å². The zero-order valence-corrected chi connectivity index (χ0v) is 29.0. The van der Waals surface area contributed by atoms with Gasteiger partial charge < -0.3 is 24.8 Å². The Morgan fingerprint density at radius 3 is 1.53 bits per heavy atom. The first-order valence-electron chi connectivity index (χ1n) is 14.2. The molecule has 0 aromatic heterocycles. The van der Waals surface area contributed by atoms with Crippen LogP contribution in [-0.4, -0.2) is 3.21 Å². The van der Waals surface area contributed by atoms with Crippen LogP contribution in [0.15, 0.2) is 57.4 Å². The molecule has 0 N–H and O–H groups in total. The molecule has 0 unspecified atom stereocenters. The zero-order valence-electron chi connectivity index (χ0n) is 25.0. The number of hydrogen-bond donors (Lipinski definition) is 0. The Labute approximate surface area is 252 Å². The van der Waals surface area contributed by atoms with E-state index in [1.165, 1.54) is 54.4 Å². The first kappa shape index (κ1) is 31.8. The van der Waals surface area contributed by atoms with Crippen molar-refractivity contribution in [2.24, 2.45) is 5.41 Å². The molecule has 1 fully saturated rings. The molecule has 0 heterocycles. The third kappa shape index (κ3) is 5.97. The molecule has 0 nitrogen and oxygen atoms in total. The van der Waals surface area contributed by atoms with E-state index in [2.05, 4.69) is 111 Å². The van der Waals surface area contributed by atoms with Gasteiger partial charge in [-0.2, -0.15) is 0 Å². The Morgan fingerprint density at radius 1 is 0.658 bits per heavy atom. The number of halogens is 2.